The maximum atomic E-state index is 11.7. The highest BCUT2D eigenvalue weighted by Gasteiger charge is 2.13. The van der Waals surface area contributed by atoms with Crippen LogP contribution in [-0.4, -0.2) is 15.6 Å². The number of carboxylic acid groups (broad SMARTS) is 1. The minimum Gasteiger partial charge on any atom is -0.480 e. The monoisotopic (exact) mass is 263 g/mol. The standard InChI is InChI=1S/C13H13NO3S/c1-8-3-4-9(2)10(5-8)11-7-18-13(17)14(11)6-12(15)16/h3-5,7H,6H2,1-2H3,(H,15,16). The molecule has 2 rings (SSSR count). The molecule has 0 aliphatic carbocycles. The van der Waals surface area contributed by atoms with Gasteiger partial charge in [-0.15, -0.1) is 0 Å². The van der Waals surface area contributed by atoms with Crippen molar-refractivity contribution in [2.75, 3.05) is 0 Å². The lowest BCUT2D eigenvalue weighted by atomic mass is 10.0. The molecule has 4 nitrogen and oxygen atoms in total. The number of carboxylic acids is 1. The zero-order chi connectivity index (χ0) is 13.3. The van der Waals surface area contributed by atoms with Crippen LogP contribution < -0.4 is 4.87 Å². The second kappa shape index (κ2) is 4.78. The summed E-state index contributed by atoms with van der Waals surface area (Å²) < 4.78 is 1.30. The lowest BCUT2D eigenvalue weighted by Crippen LogP contribution is -2.19. The molecule has 0 spiro atoms. The van der Waals surface area contributed by atoms with Crippen LogP contribution in [0.15, 0.2) is 28.4 Å². The minimum absolute atomic E-state index is 0.242. The molecule has 0 aliphatic heterocycles. The molecule has 0 radical (unpaired) electrons. The van der Waals surface area contributed by atoms with Crippen molar-refractivity contribution in [2.24, 2.45) is 0 Å². The fourth-order valence-electron chi connectivity index (χ4n) is 1.84. The number of rotatable bonds is 3. The first kappa shape index (κ1) is 12.6. The second-order valence-electron chi connectivity index (χ2n) is 4.19. The van der Waals surface area contributed by atoms with Gasteiger partial charge in [-0.3, -0.25) is 14.2 Å². The van der Waals surface area contributed by atoms with Gasteiger partial charge in [0.15, 0.2) is 0 Å². The van der Waals surface area contributed by atoms with Crippen LogP contribution in [0.2, 0.25) is 0 Å². The van der Waals surface area contributed by atoms with Crippen molar-refractivity contribution in [1.82, 2.24) is 4.57 Å². The number of hydrogen-bond acceptors (Lipinski definition) is 3. The lowest BCUT2D eigenvalue weighted by molar-refractivity contribution is -0.137. The maximum Gasteiger partial charge on any atom is 0.323 e. The highest BCUT2D eigenvalue weighted by atomic mass is 32.1. The summed E-state index contributed by atoms with van der Waals surface area (Å²) in [6.45, 7) is 3.61. The number of aryl methyl sites for hydroxylation is 2. The maximum absolute atomic E-state index is 11.7. The highest BCUT2D eigenvalue weighted by molar-refractivity contribution is 7.07. The summed E-state index contributed by atoms with van der Waals surface area (Å²) in [4.78, 5) is 22.2. The van der Waals surface area contributed by atoms with Gasteiger partial charge in [-0.05, 0) is 25.5 Å². The lowest BCUT2D eigenvalue weighted by Gasteiger charge is -2.09. The number of carbonyl (C=O) groups is 1. The van der Waals surface area contributed by atoms with Crippen LogP contribution >= 0.6 is 11.3 Å². The summed E-state index contributed by atoms with van der Waals surface area (Å²) in [6.07, 6.45) is 0. The fraction of sp³-hybridized carbons (Fsp3) is 0.231. The molecular weight excluding hydrogens is 250 g/mol. The third-order valence-corrected chi connectivity index (χ3v) is 3.51. The van der Waals surface area contributed by atoms with E-state index in [0.29, 0.717) is 5.69 Å². The van der Waals surface area contributed by atoms with E-state index in [1.165, 1.54) is 4.57 Å². The Kier molecular flexibility index (Phi) is 3.34. The SMILES string of the molecule is Cc1ccc(C)c(-c2csc(=O)n2CC(=O)O)c1. The Morgan fingerprint density at radius 2 is 2.11 bits per heavy atom. The normalized spacial score (nSPS) is 10.6. The number of aromatic nitrogens is 1. The van der Waals surface area contributed by atoms with Crippen molar-refractivity contribution in [3.05, 3.63) is 44.4 Å². The van der Waals surface area contributed by atoms with Crippen LogP contribution in [0.25, 0.3) is 11.3 Å². The molecule has 0 fully saturated rings. The molecule has 0 aliphatic rings. The quantitative estimate of drug-likeness (QED) is 0.924. The summed E-state index contributed by atoms with van der Waals surface area (Å²) in [5.41, 5.74) is 3.69. The average Bonchev–Trinajstić information content (AvgIpc) is 2.64. The molecule has 1 N–H and O–H groups in total. The molecule has 5 heteroatoms. The molecule has 0 atom stereocenters. The molecule has 0 amide bonds. The first-order chi connectivity index (χ1) is 8.49. The summed E-state index contributed by atoms with van der Waals surface area (Å²) in [5, 5.41) is 10.6. The van der Waals surface area contributed by atoms with Crippen molar-refractivity contribution in [3.63, 3.8) is 0 Å². The van der Waals surface area contributed by atoms with E-state index < -0.39 is 5.97 Å². The number of hydrogen-bond donors (Lipinski definition) is 1. The van der Waals surface area contributed by atoms with E-state index >= 15 is 0 Å². The summed E-state index contributed by atoms with van der Waals surface area (Å²) >= 11 is 1.03. The van der Waals surface area contributed by atoms with Gasteiger partial charge in [-0.1, -0.05) is 29.0 Å². The summed E-state index contributed by atoms with van der Waals surface area (Å²) in [5.74, 6) is -1.01. The van der Waals surface area contributed by atoms with Crippen molar-refractivity contribution in [2.45, 2.75) is 20.4 Å². The van der Waals surface area contributed by atoms with Gasteiger partial charge in [-0.2, -0.15) is 0 Å². The second-order valence-corrected chi connectivity index (χ2v) is 5.01. The van der Waals surface area contributed by atoms with Crippen molar-refractivity contribution in [1.29, 1.82) is 0 Å². The molecule has 0 unspecified atom stereocenters. The van der Waals surface area contributed by atoms with Gasteiger partial charge in [-0.25, -0.2) is 0 Å². The summed E-state index contributed by atoms with van der Waals surface area (Å²) in [7, 11) is 0. The Balaban J connectivity index is 2.60. The molecule has 0 bridgehead atoms. The van der Waals surface area contributed by atoms with Crippen LogP contribution in [0.5, 0.6) is 0 Å². The average molecular weight is 263 g/mol. The van der Waals surface area contributed by atoms with Gasteiger partial charge in [0.25, 0.3) is 0 Å². The number of thiazole rings is 1. The molecule has 1 aromatic carbocycles. The first-order valence-electron chi connectivity index (χ1n) is 5.47. The smallest absolute Gasteiger partial charge is 0.323 e. The van der Waals surface area contributed by atoms with E-state index in [2.05, 4.69) is 0 Å². The predicted octanol–water partition coefficient (Wildman–Crippen LogP) is 2.28. The molecule has 0 saturated heterocycles. The van der Waals surface area contributed by atoms with Gasteiger partial charge in [0.05, 0.1) is 5.69 Å². The zero-order valence-electron chi connectivity index (χ0n) is 10.1. The van der Waals surface area contributed by atoms with E-state index in [1.54, 1.807) is 5.38 Å². The van der Waals surface area contributed by atoms with E-state index in [1.807, 2.05) is 32.0 Å². The van der Waals surface area contributed by atoms with Crippen molar-refractivity contribution in [3.8, 4) is 11.3 Å². The predicted molar refractivity (Wildman–Crippen MR) is 71.1 cm³/mol. The molecule has 1 heterocycles. The largest absolute Gasteiger partial charge is 0.480 e. The third kappa shape index (κ3) is 2.36. The van der Waals surface area contributed by atoms with Gasteiger partial charge >= 0.3 is 10.8 Å². The topological polar surface area (TPSA) is 59.3 Å². The Morgan fingerprint density at radius 3 is 2.78 bits per heavy atom. The molecule has 1 aromatic heterocycles. The van der Waals surface area contributed by atoms with Crippen LogP contribution in [0, 0.1) is 13.8 Å². The number of nitrogens with zero attached hydrogens (tertiary/aromatic N) is 1. The van der Waals surface area contributed by atoms with E-state index in [4.69, 9.17) is 5.11 Å². The third-order valence-electron chi connectivity index (χ3n) is 2.74. The summed E-state index contributed by atoms with van der Waals surface area (Å²) in [6, 6.07) is 5.93. The molecule has 0 saturated carbocycles. The highest BCUT2D eigenvalue weighted by Crippen LogP contribution is 2.25. The van der Waals surface area contributed by atoms with Crippen LogP contribution in [0.4, 0.5) is 0 Å². The van der Waals surface area contributed by atoms with Crippen molar-refractivity contribution < 1.29 is 9.90 Å². The van der Waals surface area contributed by atoms with Gasteiger partial charge in [0, 0.05) is 10.9 Å². The van der Waals surface area contributed by atoms with Gasteiger partial charge < -0.3 is 5.11 Å². The van der Waals surface area contributed by atoms with Crippen molar-refractivity contribution >= 4 is 17.3 Å². The van der Waals surface area contributed by atoms with Gasteiger partial charge in [0.1, 0.15) is 6.54 Å². The van der Waals surface area contributed by atoms with Crippen LogP contribution in [0.1, 0.15) is 11.1 Å². The van der Waals surface area contributed by atoms with E-state index in [-0.39, 0.29) is 11.4 Å². The molecular formula is C13H13NO3S. The Labute approximate surface area is 108 Å². The molecule has 94 valence electrons. The fourth-order valence-corrected chi connectivity index (χ4v) is 2.59. The number of benzene rings is 1. The van der Waals surface area contributed by atoms with Gasteiger partial charge in [0.2, 0.25) is 0 Å². The Morgan fingerprint density at radius 1 is 1.39 bits per heavy atom. The van der Waals surface area contributed by atoms with Crippen LogP contribution in [0.3, 0.4) is 0 Å². The van der Waals surface area contributed by atoms with E-state index in [9.17, 15) is 9.59 Å². The minimum atomic E-state index is -1.01. The zero-order valence-corrected chi connectivity index (χ0v) is 11.0. The van der Waals surface area contributed by atoms with Crippen LogP contribution in [-0.2, 0) is 11.3 Å². The Bertz CT molecular complexity index is 654. The van der Waals surface area contributed by atoms with E-state index in [0.717, 1.165) is 28.0 Å². The molecule has 18 heavy (non-hydrogen) atoms. The Hall–Kier alpha value is -1.88. The molecule has 2 aromatic rings. The number of aliphatic carboxylic acids is 1. The first-order valence-corrected chi connectivity index (χ1v) is 6.35.